The Labute approximate surface area is 246 Å². The summed E-state index contributed by atoms with van der Waals surface area (Å²) in [6, 6.07) is 11.2. The van der Waals surface area contributed by atoms with E-state index in [1.54, 1.807) is 42.6 Å². The van der Waals surface area contributed by atoms with E-state index in [4.69, 9.17) is 4.74 Å². The predicted molar refractivity (Wildman–Crippen MR) is 156 cm³/mol. The number of hydrogen-bond donors (Lipinski definition) is 3. The van der Waals surface area contributed by atoms with E-state index in [2.05, 4.69) is 30.3 Å². The van der Waals surface area contributed by atoms with Crippen LogP contribution in [0.2, 0.25) is 0 Å². The average molecular weight is 619 g/mol. The van der Waals surface area contributed by atoms with Crippen LogP contribution in [0.4, 0.5) is 29.2 Å². The van der Waals surface area contributed by atoms with E-state index in [1.807, 2.05) is 0 Å². The summed E-state index contributed by atoms with van der Waals surface area (Å²) < 4.78 is 89.9. The molecule has 1 fully saturated rings. The van der Waals surface area contributed by atoms with Gasteiger partial charge in [-0.25, -0.2) is 40.9 Å². The maximum absolute atomic E-state index is 15.8. The normalized spacial score (nSPS) is 17.5. The van der Waals surface area contributed by atoms with Gasteiger partial charge >= 0.3 is 0 Å². The standard InChI is InChI=1S/C29H30F4N6O3S/c1-17-24(31)25(39-43(40,41)13-10-29(2,32)33)20-6-3-4-7-21(20)26(17)42-27-22(8-5-11-35-27)23-9-12-36-28(38-23)37-19-14-18(30)15-34-16-19/h3-9,11-12,18-19,34,39H,10,13-16H2,1-2H3,(H,36,37,38)/t18-,19-/m0/s1. The summed E-state index contributed by atoms with van der Waals surface area (Å²) in [5.74, 6) is -4.53. The molecule has 43 heavy (non-hydrogen) atoms. The summed E-state index contributed by atoms with van der Waals surface area (Å²) in [6.07, 6.45) is 1.46. The van der Waals surface area contributed by atoms with E-state index >= 15 is 4.39 Å². The van der Waals surface area contributed by atoms with E-state index in [-0.39, 0.29) is 34.3 Å². The first kappa shape index (κ1) is 30.4. The Morgan fingerprint density at radius 1 is 1.07 bits per heavy atom. The van der Waals surface area contributed by atoms with Gasteiger partial charge in [0.05, 0.1) is 22.7 Å². The summed E-state index contributed by atoms with van der Waals surface area (Å²) in [7, 11) is -4.30. The van der Waals surface area contributed by atoms with Crippen molar-refractivity contribution >= 4 is 32.4 Å². The molecule has 0 spiro atoms. The van der Waals surface area contributed by atoms with Crippen LogP contribution < -0.4 is 20.1 Å². The molecule has 2 aromatic carbocycles. The van der Waals surface area contributed by atoms with Crippen LogP contribution in [-0.4, -0.2) is 60.3 Å². The van der Waals surface area contributed by atoms with Crippen LogP contribution in [-0.2, 0) is 10.0 Å². The molecule has 0 aliphatic carbocycles. The molecule has 0 amide bonds. The van der Waals surface area contributed by atoms with Gasteiger partial charge in [-0.1, -0.05) is 24.3 Å². The molecule has 1 saturated heterocycles. The van der Waals surface area contributed by atoms with Crippen molar-refractivity contribution in [3.63, 3.8) is 0 Å². The van der Waals surface area contributed by atoms with Gasteiger partial charge in [0.2, 0.25) is 27.8 Å². The molecule has 0 saturated carbocycles. The second-order valence-corrected chi connectivity index (χ2v) is 12.3. The second kappa shape index (κ2) is 12.3. The molecule has 0 radical (unpaired) electrons. The average Bonchev–Trinajstić information content (AvgIpc) is 2.97. The third-order valence-electron chi connectivity index (χ3n) is 6.93. The van der Waals surface area contributed by atoms with Crippen molar-refractivity contribution < 1.29 is 30.7 Å². The molecule has 3 N–H and O–H groups in total. The van der Waals surface area contributed by atoms with Crippen LogP contribution in [0, 0.1) is 12.7 Å². The summed E-state index contributed by atoms with van der Waals surface area (Å²) in [6.45, 7) is 2.90. The lowest BCUT2D eigenvalue weighted by Crippen LogP contribution is -2.44. The Morgan fingerprint density at radius 2 is 1.84 bits per heavy atom. The predicted octanol–water partition coefficient (Wildman–Crippen LogP) is 5.83. The molecule has 1 aliphatic heterocycles. The number of nitrogens with one attached hydrogen (secondary N) is 3. The summed E-state index contributed by atoms with van der Waals surface area (Å²) in [5.41, 5.74) is 0.526. The minimum Gasteiger partial charge on any atom is -0.437 e. The maximum Gasteiger partial charge on any atom is 0.246 e. The molecule has 2 atom stereocenters. The van der Waals surface area contributed by atoms with Gasteiger partial charge in [-0.3, -0.25) is 4.72 Å². The minimum absolute atomic E-state index is 0.0237. The van der Waals surface area contributed by atoms with Gasteiger partial charge in [0.1, 0.15) is 11.9 Å². The van der Waals surface area contributed by atoms with Crippen molar-refractivity contribution in [1.29, 1.82) is 0 Å². The highest BCUT2D eigenvalue weighted by molar-refractivity contribution is 7.92. The number of rotatable bonds is 10. The van der Waals surface area contributed by atoms with E-state index in [9.17, 15) is 21.6 Å². The highest BCUT2D eigenvalue weighted by Crippen LogP contribution is 2.42. The lowest BCUT2D eigenvalue weighted by atomic mass is 10.0. The second-order valence-electron chi connectivity index (χ2n) is 10.5. The van der Waals surface area contributed by atoms with Crippen molar-refractivity contribution in [2.75, 3.05) is 28.9 Å². The fraction of sp³-hybridized carbons (Fsp3) is 0.345. The van der Waals surface area contributed by atoms with Gasteiger partial charge in [0.25, 0.3) is 0 Å². The largest absolute Gasteiger partial charge is 0.437 e. The Kier molecular flexibility index (Phi) is 8.69. The zero-order valence-corrected chi connectivity index (χ0v) is 24.2. The quantitative estimate of drug-likeness (QED) is 0.190. The molecular formula is C29H30F4N6O3S. The van der Waals surface area contributed by atoms with Crippen LogP contribution in [0.15, 0.2) is 54.9 Å². The Morgan fingerprint density at radius 3 is 2.58 bits per heavy atom. The number of aromatic nitrogens is 3. The van der Waals surface area contributed by atoms with E-state index in [1.165, 1.54) is 19.2 Å². The number of piperidine rings is 1. The van der Waals surface area contributed by atoms with Crippen molar-refractivity contribution in [1.82, 2.24) is 20.3 Å². The van der Waals surface area contributed by atoms with Crippen molar-refractivity contribution in [3.8, 4) is 22.9 Å². The Bertz CT molecular complexity index is 1740. The van der Waals surface area contributed by atoms with Crippen LogP contribution in [0.1, 0.15) is 25.3 Å². The van der Waals surface area contributed by atoms with Gasteiger partial charge in [-0.2, -0.15) is 0 Å². The molecule has 0 bridgehead atoms. The topological polar surface area (TPSA) is 118 Å². The SMILES string of the molecule is Cc1c(F)c(NS(=O)(=O)CCC(C)(F)F)c2ccccc2c1Oc1ncccc1-c1ccnc(N[C@@H]2CNC[C@@H](F)C2)n1. The molecule has 1 aliphatic rings. The van der Waals surface area contributed by atoms with Gasteiger partial charge < -0.3 is 15.4 Å². The molecule has 4 aromatic rings. The number of alkyl halides is 3. The highest BCUT2D eigenvalue weighted by Gasteiger charge is 2.28. The number of nitrogens with zero attached hydrogens (tertiary/aromatic N) is 3. The maximum atomic E-state index is 15.8. The van der Waals surface area contributed by atoms with Gasteiger partial charge in [-0.15, -0.1) is 0 Å². The van der Waals surface area contributed by atoms with E-state index in [0.717, 1.165) is 0 Å². The molecule has 228 valence electrons. The van der Waals surface area contributed by atoms with Gasteiger partial charge in [0, 0.05) is 60.7 Å². The fourth-order valence-electron chi connectivity index (χ4n) is 4.78. The number of sulfonamides is 1. The molecule has 14 heteroatoms. The lowest BCUT2D eigenvalue weighted by molar-refractivity contribution is 0.0189. The van der Waals surface area contributed by atoms with E-state index < -0.39 is 40.1 Å². The lowest BCUT2D eigenvalue weighted by Gasteiger charge is -2.26. The molecule has 9 nitrogen and oxygen atoms in total. The number of hydrogen-bond acceptors (Lipinski definition) is 8. The number of halogens is 4. The highest BCUT2D eigenvalue weighted by atomic mass is 32.2. The third kappa shape index (κ3) is 7.31. The van der Waals surface area contributed by atoms with Crippen LogP contribution in [0.5, 0.6) is 11.6 Å². The molecular weight excluding hydrogens is 588 g/mol. The van der Waals surface area contributed by atoms with Crippen molar-refractivity contribution in [2.45, 2.75) is 44.8 Å². The van der Waals surface area contributed by atoms with Crippen LogP contribution >= 0.6 is 0 Å². The molecule has 5 rings (SSSR count). The van der Waals surface area contributed by atoms with Gasteiger partial charge in [-0.05, 0) is 32.0 Å². The fourth-order valence-corrected chi connectivity index (χ4v) is 6.02. The van der Waals surface area contributed by atoms with Crippen LogP contribution in [0.3, 0.4) is 0 Å². The van der Waals surface area contributed by atoms with Crippen LogP contribution in [0.25, 0.3) is 22.0 Å². The third-order valence-corrected chi connectivity index (χ3v) is 8.19. The van der Waals surface area contributed by atoms with Crippen molar-refractivity contribution in [3.05, 3.63) is 66.2 Å². The zero-order valence-electron chi connectivity index (χ0n) is 23.4. The molecule has 0 unspecified atom stereocenters. The Balaban J connectivity index is 1.48. The minimum atomic E-state index is -4.30. The number of pyridine rings is 1. The first-order valence-electron chi connectivity index (χ1n) is 13.6. The summed E-state index contributed by atoms with van der Waals surface area (Å²) in [5, 5.41) is 6.70. The first-order valence-corrected chi connectivity index (χ1v) is 15.2. The monoisotopic (exact) mass is 618 g/mol. The van der Waals surface area contributed by atoms with Crippen molar-refractivity contribution in [2.24, 2.45) is 0 Å². The van der Waals surface area contributed by atoms with E-state index in [0.29, 0.717) is 49.0 Å². The molecule has 3 heterocycles. The smallest absolute Gasteiger partial charge is 0.246 e. The summed E-state index contributed by atoms with van der Waals surface area (Å²) in [4.78, 5) is 13.2. The van der Waals surface area contributed by atoms with Gasteiger partial charge in [0.15, 0.2) is 5.82 Å². The number of ether oxygens (including phenoxy) is 1. The zero-order chi connectivity index (χ0) is 30.8. The summed E-state index contributed by atoms with van der Waals surface area (Å²) >= 11 is 0. The number of fused-ring (bicyclic) bond motifs is 1. The first-order chi connectivity index (χ1) is 20.4. The number of benzene rings is 2. The number of anilines is 2. The molecule has 2 aromatic heterocycles. The Hall–Kier alpha value is -4.04.